The molecular weight excluding hydrogens is 366 g/mol. The van der Waals surface area contributed by atoms with E-state index in [1.165, 1.54) is 10.4 Å². The summed E-state index contributed by atoms with van der Waals surface area (Å²) in [5.41, 5.74) is 4.28. The number of hydrogen-bond acceptors (Lipinski definition) is 7. The molecule has 4 aromatic rings. The Morgan fingerprint density at radius 2 is 2.15 bits per heavy atom. The van der Waals surface area contributed by atoms with Gasteiger partial charge in [0.05, 0.1) is 12.2 Å². The maximum absolute atomic E-state index is 5.68. The molecule has 0 aliphatic heterocycles. The van der Waals surface area contributed by atoms with E-state index in [0.29, 0.717) is 18.2 Å². The summed E-state index contributed by atoms with van der Waals surface area (Å²) < 4.78 is 7.48. The lowest BCUT2D eigenvalue weighted by atomic mass is 10.1. The number of tetrazole rings is 1. The summed E-state index contributed by atoms with van der Waals surface area (Å²) in [7, 11) is 0. The number of rotatable bonds is 6. The van der Waals surface area contributed by atoms with Crippen molar-refractivity contribution in [3.8, 4) is 11.5 Å². The lowest BCUT2D eigenvalue weighted by Crippen LogP contribution is -2.02. The molecule has 4 rings (SSSR count). The van der Waals surface area contributed by atoms with Crippen molar-refractivity contribution in [2.24, 2.45) is 0 Å². The predicted molar refractivity (Wildman–Crippen MR) is 102 cm³/mol. The van der Waals surface area contributed by atoms with E-state index in [9.17, 15) is 0 Å². The van der Waals surface area contributed by atoms with Crippen LogP contribution in [0.1, 0.15) is 21.7 Å². The number of aryl methyl sites for hydroxylation is 2. The van der Waals surface area contributed by atoms with Crippen molar-refractivity contribution in [2.75, 3.05) is 0 Å². The van der Waals surface area contributed by atoms with Crippen molar-refractivity contribution in [2.45, 2.75) is 31.3 Å². The normalized spacial score (nSPS) is 11.2. The Labute approximate surface area is 159 Å². The summed E-state index contributed by atoms with van der Waals surface area (Å²) >= 11 is 3.25. The van der Waals surface area contributed by atoms with Gasteiger partial charge in [-0.05, 0) is 47.4 Å². The SMILES string of the molecule is Cc1ccc(-c2nc(CSc3nnnn3Cc3cccs3)co2)c(C)c1. The summed E-state index contributed by atoms with van der Waals surface area (Å²) in [6.07, 6.45) is 1.70. The summed E-state index contributed by atoms with van der Waals surface area (Å²) in [6.45, 7) is 4.83. The fourth-order valence-corrected chi connectivity index (χ4v) is 4.08. The largest absolute Gasteiger partial charge is 0.444 e. The van der Waals surface area contributed by atoms with Crippen LogP contribution in [0.5, 0.6) is 0 Å². The molecule has 0 fully saturated rings. The van der Waals surface area contributed by atoms with E-state index < -0.39 is 0 Å². The number of thioether (sulfide) groups is 1. The zero-order valence-electron chi connectivity index (χ0n) is 14.4. The zero-order chi connectivity index (χ0) is 17.9. The first-order valence-electron chi connectivity index (χ1n) is 8.12. The van der Waals surface area contributed by atoms with Crippen molar-refractivity contribution >= 4 is 23.1 Å². The van der Waals surface area contributed by atoms with Crippen molar-refractivity contribution in [3.63, 3.8) is 0 Å². The van der Waals surface area contributed by atoms with Crippen LogP contribution in [-0.4, -0.2) is 25.2 Å². The van der Waals surface area contributed by atoms with Gasteiger partial charge in [-0.15, -0.1) is 16.4 Å². The number of oxazole rings is 1. The highest BCUT2D eigenvalue weighted by atomic mass is 32.2. The summed E-state index contributed by atoms with van der Waals surface area (Å²) in [5.74, 6) is 1.30. The highest BCUT2D eigenvalue weighted by Gasteiger charge is 2.12. The van der Waals surface area contributed by atoms with Gasteiger partial charge < -0.3 is 4.42 Å². The summed E-state index contributed by atoms with van der Waals surface area (Å²) in [6, 6.07) is 10.4. The third kappa shape index (κ3) is 3.71. The van der Waals surface area contributed by atoms with Crippen LogP contribution < -0.4 is 0 Å². The molecule has 3 aromatic heterocycles. The first-order chi connectivity index (χ1) is 12.7. The lowest BCUT2D eigenvalue weighted by molar-refractivity contribution is 0.573. The van der Waals surface area contributed by atoms with E-state index >= 15 is 0 Å². The van der Waals surface area contributed by atoms with Crippen LogP contribution in [0.2, 0.25) is 0 Å². The third-order valence-corrected chi connectivity index (χ3v) is 5.75. The van der Waals surface area contributed by atoms with E-state index in [1.807, 2.05) is 10.7 Å². The van der Waals surface area contributed by atoms with Gasteiger partial charge in [0.1, 0.15) is 6.26 Å². The van der Waals surface area contributed by atoms with Crippen LogP contribution >= 0.6 is 23.1 Å². The molecule has 0 atom stereocenters. The molecule has 3 heterocycles. The van der Waals surface area contributed by atoms with Gasteiger partial charge in [-0.25, -0.2) is 9.67 Å². The molecule has 0 N–H and O–H groups in total. The number of nitrogens with zero attached hydrogens (tertiary/aromatic N) is 5. The molecule has 0 aliphatic carbocycles. The van der Waals surface area contributed by atoms with Crippen molar-refractivity contribution in [3.05, 3.63) is 63.7 Å². The molecule has 6 nitrogen and oxygen atoms in total. The van der Waals surface area contributed by atoms with Gasteiger partial charge in [-0.1, -0.05) is 35.5 Å². The molecule has 0 saturated heterocycles. The molecule has 0 saturated carbocycles. The van der Waals surface area contributed by atoms with E-state index in [0.717, 1.165) is 22.0 Å². The minimum atomic E-state index is 0.649. The molecule has 0 aliphatic rings. The van der Waals surface area contributed by atoms with Gasteiger partial charge in [0, 0.05) is 16.2 Å². The Bertz CT molecular complexity index is 1010. The van der Waals surface area contributed by atoms with E-state index in [2.05, 4.69) is 64.0 Å². The minimum absolute atomic E-state index is 0.649. The summed E-state index contributed by atoms with van der Waals surface area (Å²) in [4.78, 5) is 5.83. The van der Waals surface area contributed by atoms with Crippen LogP contribution in [0.25, 0.3) is 11.5 Å². The van der Waals surface area contributed by atoms with Gasteiger partial charge in [0.25, 0.3) is 0 Å². The fraction of sp³-hybridized carbons (Fsp3) is 0.222. The molecule has 8 heteroatoms. The van der Waals surface area contributed by atoms with Gasteiger partial charge in [0.15, 0.2) is 0 Å². The number of benzene rings is 1. The second kappa shape index (κ2) is 7.43. The highest BCUT2D eigenvalue weighted by molar-refractivity contribution is 7.98. The molecule has 0 bridgehead atoms. The van der Waals surface area contributed by atoms with Gasteiger partial charge in [-0.3, -0.25) is 0 Å². The quantitative estimate of drug-likeness (QED) is 0.461. The minimum Gasteiger partial charge on any atom is -0.444 e. The number of thiophene rings is 1. The third-order valence-electron chi connectivity index (χ3n) is 3.90. The maximum Gasteiger partial charge on any atom is 0.226 e. The van der Waals surface area contributed by atoms with Crippen LogP contribution in [-0.2, 0) is 12.3 Å². The molecule has 26 heavy (non-hydrogen) atoms. The molecule has 0 spiro atoms. The van der Waals surface area contributed by atoms with Crippen molar-refractivity contribution in [1.29, 1.82) is 0 Å². The predicted octanol–water partition coefficient (Wildman–Crippen LogP) is 4.35. The Morgan fingerprint density at radius 1 is 1.23 bits per heavy atom. The molecule has 132 valence electrons. The second-order valence-electron chi connectivity index (χ2n) is 5.95. The second-order valence-corrected chi connectivity index (χ2v) is 7.92. The standard InChI is InChI=1S/C18H17N5OS2/c1-12-5-6-16(13(2)8-12)17-19-14(10-24-17)11-26-18-20-21-22-23(18)9-15-4-3-7-25-15/h3-8,10H,9,11H2,1-2H3. The molecule has 0 radical (unpaired) electrons. The Balaban J connectivity index is 1.45. The smallest absolute Gasteiger partial charge is 0.226 e. The Morgan fingerprint density at radius 3 is 2.96 bits per heavy atom. The lowest BCUT2D eigenvalue weighted by Gasteiger charge is -2.02. The molecule has 1 aromatic carbocycles. The maximum atomic E-state index is 5.68. The van der Waals surface area contributed by atoms with Crippen LogP contribution in [0.15, 0.2) is 51.5 Å². The van der Waals surface area contributed by atoms with Crippen molar-refractivity contribution < 1.29 is 4.42 Å². The number of aromatic nitrogens is 5. The monoisotopic (exact) mass is 383 g/mol. The Kier molecular flexibility index (Phi) is 4.85. The van der Waals surface area contributed by atoms with E-state index in [4.69, 9.17) is 4.42 Å². The van der Waals surface area contributed by atoms with Gasteiger partial charge in [0.2, 0.25) is 11.0 Å². The van der Waals surface area contributed by atoms with Crippen LogP contribution in [0.4, 0.5) is 0 Å². The molecular formula is C18H17N5OS2. The number of hydrogen-bond donors (Lipinski definition) is 0. The fourth-order valence-electron chi connectivity index (χ4n) is 2.64. The molecule has 0 amide bonds. The van der Waals surface area contributed by atoms with E-state index in [1.54, 1.807) is 29.4 Å². The van der Waals surface area contributed by atoms with Crippen molar-refractivity contribution in [1.82, 2.24) is 25.2 Å². The highest BCUT2D eigenvalue weighted by Crippen LogP contribution is 2.26. The Hall–Kier alpha value is -2.45. The van der Waals surface area contributed by atoms with Gasteiger partial charge >= 0.3 is 0 Å². The summed E-state index contributed by atoms with van der Waals surface area (Å²) in [5, 5.41) is 14.8. The molecule has 0 unspecified atom stereocenters. The average molecular weight is 384 g/mol. The first-order valence-corrected chi connectivity index (χ1v) is 9.99. The first kappa shape index (κ1) is 17.0. The van der Waals surface area contributed by atoms with Gasteiger partial charge in [-0.2, -0.15) is 0 Å². The average Bonchev–Trinajstić information content (AvgIpc) is 3.35. The zero-order valence-corrected chi connectivity index (χ0v) is 16.0. The van der Waals surface area contributed by atoms with Crippen LogP contribution in [0, 0.1) is 13.8 Å². The topological polar surface area (TPSA) is 69.6 Å². The van der Waals surface area contributed by atoms with E-state index in [-0.39, 0.29) is 0 Å². The van der Waals surface area contributed by atoms with Crippen LogP contribution in [0.3, 0.4) is 0 Å².